The van der Waals surface area contributed by atoms with E-state index in [4.69, 9.17) is 22.1 Å². The van der Waals surface area contributed by atoms with Crippen LogP contribution >= 0.6 is 24.0 Å². The molecule has 7 heteroatoms. The highest BCUT2D eigenvalue weighted by Crippen LogP contribution is 2.42. The van der Waals surface area contributed by atoms with E-state index in [2.05, 4.69) is 0 Å². The summed E-state index contributed by atoms with van der Waals surface area (Å²) in [5.74, 6) is -1.37. The van der Waals surface area contributed by atoms with Crippen LogP contribution in [0, 0.1) is 0 Å². The van der Waals surface area contributed by atoms with Crippen LogP contribution in [0.3, 0.4) is 0 Å². The molecule has 2 aliphatic heterocycles. The van der Waals surface area contributed by atoms with Gasteiger partial charge in [-0.1, -0.05) is 24.0 Å². The van der Waals surface area contributed by atoms with E-state index in [-0.39, 0.29) is 11.3 Å². The van der Waals surface area contributed by atoms with E-state index >= 15 is 0 Å². The van der Waals surface area contributed by atoms with Gasteiger partial charge in [0.05, 0.1) is 4.20 Å². The van der Waals surface area contributed by atoms with Gasteiger partial charge in [-0.3, -0.25) is 4.79 Å². The Morgan fingerprint density at radius 2 is 2.36 bits per heavy atom. The molecular weight excluding hydrogens is 226 g/mol. The average Bonchev–Trinajstić information content (AvgIpc) is 2.40. The maximum atomic E-state index is 11.4. The summed E-state index contributed by atoms with van der Waals surface area (Å²) in [5.41, 5.74) is 0. The number of carbonyl (C=O) groups is 2. The van der Waals surface area contributed by atoms with Gasteiger partial charge in [-0.2, -0.15) is 0 Å². The first-order valence-electron chi connectivity index (χ1n) is 3.86. The standard InChI is InChI=1S/C7H7NO4S2/c1-12-3-4(9)8-2(6(10)11)7(13)14-5(3)8/h2-3,5H,1H3,(H,10,11)/t2?,3?,5-/m1/s1. The lowest BCUT2D eigenvalue weighted by molar-refractivity contribution is -0.168. The lowest BCUT2D eigenvalue weighted by Crippen LogP contribution is -2.65. The Kier molecular flexibility index (Phi) is 2.24. The van der Waals surface area contributed by atoms with Gasteiger partial charge >= 0.3 is 5.97 Å². The van der Waals surface area contributed by atoms with Crippen LogP contribution in [0.2, 0.25) is 0 Å². The molecule has 5 nitrogen and oxygen atoms in total. The number of β-lactam (4-membered cyclic amide) rings is 1. The topological polar surface area (TPSA) is 66.8 Å². The Morgan fingerprint density at radius 3 is 2.86 bits per heavy atom. The molecule has 2 aliphatic rings. The zero-order valence-corrected chi connectivity index (χ0v) is 8.80. The van der Waals surface area contributed by atoms with Crippen molar-refractivity contribution in [2.45, 2.75) is 17.5 Å². The van der Waals surface area contributed by atoms with E-state index < -0.39 is 18.1 Å². The molecule has 0 aromatic rings. The molecule has 2 saturated heterocycles. The van der Waals surface area contributed by atoms with E-state index in [0.29, 0.717) is 4.20 Å². The number of methoxy groups -OCH3 is 1. The molecule has 0 bridgehead atoms. The van der Waals surface area contributed by atoms with Crippen LogP contribution < -0.4 is 0 Å². The van der Waals surface area contributed by atoms with E-state index in [1.807, 2.05) is 0 Å². The molecule has 0 spiro atoms. The minimum atomic E-state index is -1.08. The lowest BCUT2D eigenvalue weighted by atomic mass is 10.1. The molecule has 0 aliphatic carbocycles. The average molecular weight is 233 g/mol. The van der Waals surface area contributed by atoms with E-state index in [0.717, 1.165) is 0 Å². The highest BCUT2D eigenvalue weighted by atomic mass is 32.2. The third-order valence-electron chi connectivity index (χ3n) is 2.26. The second-order valence-electron chi connectivity index (χ2n) is 2.97. The first-order chi connectivity index (χ1) is 6.57. The smallest absolute Gasteiger partial charge is 0.332 e. The van der Waals surface area contributed by atoms with Crippen LogP contribution in [0.15, 0.2) is 0 Å². The number of fused-ring (bicyclic) bond motifs is 1. The summed E-state index contributed by atoms with van der Waals surface area (Å²) in [5, 5.41) is 8.60. The molecule has 0 aromatic carbocycles. The first-order valence-corrected chi connectivity index (χ1v) is 5.15. The molecule has 1 N–H and O–H groups in total. The van der Waals surface area contributed by atoms with Gasteiger partial charge in [0, 0.05) is 7.11 Å². The summed E-state index contributed by atoms with van der Waals surface area (Å²) in [6, 6.07) is -0.959. The number of hydrogen-bond acceptors (Lipinski definition) is 5. The second-order valence-corrected chi connectivity index (χ2v) is 4.83. The fraction of sp³-hybridized carbons (Fsp3) is 0.571. The zero-order chi connectivity index (χ0) is 10.5. The SMILES string of the molecule is COC1C(=O)N2C(C(=O)O)C(=S)S[C@H]12. The molecule has 3 atom stereocenters. The monoisotopic (exact) mass is 233 g/mol. The van der Waals surface area contributed by atoms with Gasteiger partial charge in [0.1, 0.15) is 5.37 Å². The summed E-state index contributed by atoms with van der Waals surface area (Å²) >= 11 is 6.12. The number of amides is 1. The van der Waals surface area contributed by atoms with Crippen LogP contribution in [0.25, 0.3) is 0 Å². The summed E-state index contributed by atoms with van der Waals surface area (Å²) in [7, 11) is 1.43. The molecule has 14 heavy (non-hydrogen) atoms. The number of aliphatic carboxylic acids is 1. The summed E-state index contributed by atoms with van der Waals surface area (Å²) in [6.07, 6.45) is -0.540. The van der Waals surface area contributed by atoms with Crippen molar-refractivity contribution in [3.8, 4) is 0 Å². The van der Waals surface area contributed by atoms with Gasteiger partial charge < -0.3 is 14.7 Å². The number of thiocarbonyl (C=S) groups is 1. The third-order valence-corrected chi connectivity index (χ3v) is 3.94. The van der Waals surface area contributed by atoms with Gasteiger partial charge in [0.2, 0.25) is 0 Å². The molecule has 0 radical (unpaired) electrons. The number of thioether (sulfide) groups is 1. The number of carboxylic acids is 1. The quantitative estimate of drug-likeness (QED) is 0.521. The summed E-state index contributed by atoms with van der Waals surface area (Å²) < 4.78 is 5.25. The van der Waals surface area contributed by atoms with Crippen molar-refractivity contribution in [3.63, 3.8) is 0 Å². The minimum Gasteiger partial charge on any atom is -0.479 e. The highest BCUT2D eigenvalue weighted by molar-refractivity contribution is 8.24. The molecule has 0 aromatic heterocycles. The van der Waals surface area contributed by atoms with Crippen LogP contribution in [-0.2, 0) is 14.3 Å². The molecule has 2 fully saturated rings. The Balaban J connectivity index is 2.23. The highest BCUT2D eigenvalue weighted by Gasteiger charge is 2.59. The molecule has 76 valence electrons. The van der Waals surface area contributed by atoms with Crippen molar-refractivity contribution in [2.75, 3.05) is 7.11 Å². The van der Waals surface area contributed by atoms with Gasteiger partial charge in [-0.15, -0.1) is 0 Å². The van der Waals surface area contributed by atoms with Crippen LogP contribution in [0.4, 0.5) is 0 Å². The number of nitrogens with zero attached hydrogens (tertiary/aromatic N) is 1. The Labute approximate surface area is 89.4 Å². The number of hydrogen-bond donors (Lipinski definition) is 1. The van der Waals surface area contributed by atoms with Gasteiger partial charge in [-0.25, -0.2) is 4.79 Å². The molecule has 0 saturated carbocycles. The predicted molar refractivity (Wildman–Crippen MR) is 53.0 cm³/mol. The molecule has 2 heterocycles. The van der Waals surface area contributed by atoms with Crippen molar-refractivity contribution in [3.05, 3.63) is 0 Å². The number of carbonyl (C=O) groups excluding carboxylic acids is 1. The summed E-state index contributed by atoms with van der Waals surface area (Å²) in [6.45, 7) is 0. The predicted octanol–water partition coefficient (Wildman–Crippen LogP) is -0.303. The number of carboxylic acid groups (broad SMARTS) is 1. The normalized spacial score (nSPS) is 35.5. The van der Waals surface area contributed by atoms with Crippen molar-refractivity contribution < 1.29 is 19.4 Å². The third kappa shape index (κ3) is 1.09. The Bertz CT molecular complexity index is 332. The maximum absolute atomic E-state index is 11.4. The second kappa shape index (κ2) is 3.18. The molecule has 2 rings (SSSR count). The van der Waals surface area contributed by atoms with Crippen molar-refractivity contribution >= 4 is 40.1 Å². The van der Waals surface area contributed by atoms with Gasteiger partial charge in [0.15, 0.2) is 12.1 Å². The Morgan fingerprint density at radius 1 is 1.71 bits per heavy atom. The minimum absolute atomic E-state index is 0.249. The molecule has 1 amide bonds. The molecule has 2 unspecified atom stereocenters. The lowest BCUT2D eigenvalue weighted by Gasteiger charge is -2.41. The van der Waals surface area contributed by atoms with Crippen molar-refractivity contribution in [1.82, 2.24) is 4.90 Å². The van der Waals surface area contributed by atoms with E-state index in [9.17, 15) is 9.59 Å². The van der Waals surface area contributed by atoms with Crippen LogP contribution in [0.1, 0.15) is 0 Å². The summed E-state index contributed by atoms with van der Waals surface area (Å²) in [4.78, 5) is 23.5. The number of ether oxygens (including phenoxy) is 1. The maximum Gasteiger partial charge on any atom is 0.332 e. The number of rotatable bonds is 2. The van der Waals surface area contributed by atoms with Gasteiger partial charge in [-0.05, 0) is 0 Å². The van der Waals surface area contributed by atoms with Crippen molar-refractivity contribution in [1.29, 1.82) is 0 Å². The van der Waals surface area contributed by atoms with Crippen molar-refractivity contribution in [2.24, 2.45) is 0 Å². The van der Waals surface area contributed by atoms with Crippen LogP contribution in [0.5, 0.6) is 0 Å². The van der Waals surface area contributed by atoms with E-state index in [1.165, 1.54) is 23.8 Å². The zero-order valence-electron chi connectivity index (χ0n) is 7.17. The largest absolute Gasteiger partial charge is 0.479 e. The Hall–Kier alpha value is -0.660. The van der Waals surface area contributed by atoms with Crippen LogP contribution in [-0.4, -0.2) is 50.7 Å². The fourth-order valence-corrected chi connectivity index (χ4v) is 3.37. The fourth-order valence-electron chi connectivity index (χ4n) is 1.58. The first kappa shape index (κ1) is 9.88. The molecular formula is C7H7NO4S2. The van der Waals surface area contributed by atoms with E-state index in [1.54, 1.807) is 0 Å². The van der Waals surface area contributed by atoms with Gasteiger partial charge in [0.25, 0.3) is 5.91 Å².